The van der Waals surface area contributed by atoms with Crippen molar-refractivity contribution >= 4 is 35.8 Å². The molecule has 2 rings (SSSR count). The van der Waals surface area contributed by atoms with Crippen LogP contribution in [0.5, 0.6) is 0 Å². The van der Waals surface area contributed by atoms with Gasteiger partial charge in [-0.2, -0.15) is 0 Å². The van der Waals surface area contributed by atoms with E-state index in [4.69, 9.17) is 4.74 Å². The van der Waals surface area contributed by atoms with Crippen molar-refractivity contribution in [2.24, 2.45) is 10.4 Å². The highest BCUT2D eigenvalue weighted by Gasteiger charge is 2.16. The lowest BCUT2D eigenvalue weighted by Crippen LogP contribution is -2.42. The second-order valence-electron chi connectivity index (χ2n) is 8.16. The molecular formula is C20H36IN5O. The number of hydrogen-bond acceptors (Lipinski definition) is 4. The fourth-order valence-electron chi connectivity index (χ4n) is 2.96. The number of aliphatic imine (C=N–C) groups is 1. The predicted molar refractivity (Wildman–Crippen MR) is 124 cm³/mol. The van der Waals surface area contributed by atoms with E-state index < -0.39 is 0 Å². The number of nitrogens with zero attached hydrogens (tertiary/aromatic N) is 3. The van der Waals surface area contributed by atoms with Gasteiger partial charge >= 0.3 is 0 Å². The Kier molecular flexibility index (Phi) is 10.4. The molecule has 0 bridgehead atoms. The van der Waals surface area contributed by atoms with Gasteiger partial charge in [0, 0.05) is 44.5 Å². The van der Waals surface area contributed by atoms with Crippen LogP contribution in [-0.2, 0) is 11.3 Å². The highest BCUT2D eigenvalue weighted by molar-refractivity contribution is 14.0. The van der Waals surface area contributed by atoms with E-state index in [2.05, 4.69) is 59.3 Å². The maximum Gasteiger partial charge on any atom is 0.191 e. The first-order chi connectivity index (χ1) is 12.4. The molecule has 1 unspecified atom stereocenters. The number of aromatic nitrogens is 1. The summed E-state index contributed by atoms with van der Waals surface area (Å²) in [6.45, 7) is 13.1. The molecule has 1 saturated heterocycles. The monoisotopic (exact) mass is 489 g/mol. The summed E-state index contributed by atoms with van der Waals surface area (Å²) < 4.78 is 5.45. The molecule has 1 atom stereocenters. The van der Waals surface area contributed by atoms with Crippen LogP contribution in [0.4, 0.5) is 5.82 Å². The molecule has 0 aliphatic carbocycles. The summed E-state index contributed by atoms with van der Waals surface area (Å²) in [6, 6.07) is 4.50. The predicted octanol–water partition coefficient (Wildman–Crippen LogP) is 3.42. The first-order valence-corrected chi connectivity index (χ1v) is 9.63. The van der Waals surface area contributed by atoms with Gasteiger partial charge in [-0.15, -0.1) is 24.0 Å². The molecule has 27 heavy (non-hydrogen) atoms. The van der Waals surface area contributed by atoms with Crippen LogP contribution in [0.3, 0.4) is 0 Å². The molecule has 154 valence electrons. The van der Waals surface area contributed by atoms with E-state index in [9.17, 15) is 0 Å². The number of guanidine groups is 1. The average molecular weight is 489 g/mol. The second kappa shape index (κ2) is 11.7. The lowest BCUT2D eigenvalue weighted by Gasteiger charge is -2.29. The minimum atomic E-state index is 0. The van der Waals surface area contributed by atoms with Crippen LogP contribution in [0, 0.1) is 5.41 Å². The van der Waals surface area contributed by atoms with Crippen LogP contribution in [0.15, 0.2) is 23.3 Å². The third-order valence-electron chi connectivity index (χ3n) is 4.56. The van der Waals surface area contributed by atoms with Crippen LogP contribution in [-0.4, -0.2) is 50.3 Å². The zero-order valence-electron chi connectivity index (χ0n) is 17.4. The van der Waals surface area contributed by atoms with E-state index in [1.54, 1.807) is 0 Å². The summed E-state index contributed by atoms with van der Waals surface area (Å²) in [4.78, 5) is 11.3. The number of morpholine rings is 1. The largest absolute Gasteiger partial charge is 0.378 e. The summed E-state index contributed by atoms with van der Waals surface area (Å²) in [5.41, 5.74) is 1.54. The van der Waals surface area contributed by atoms with Crippen LogP contribution >= 0.6 is 24.0 Å². The highest BCUT2D eigenvalue weighted by Crippen LogP contribution is 2.21. The van der Waals surface area contributed by atoms with Gasteiger partial charge in [0.2, 0.25) is 0 Å². The molecule has 1 aliphatic rings. The molecule has 1 aromatic heterocycles. The SMILES string of the molecule is CN=C(NCc1cccnc1N1CCOCC1)NC(C)CCC(C)(C)C.I. The minimum absolute atomic E-state index is 0. The van der Waals surface area contributed by atoms with Crippen molar-refractivity contribution < 1.29 is 4.74 Å². The lowest BCUT2D eigenvalue weighted by atomic mass is 9.89. The van der Waals surface area contributed by atoms with Crippen molar-refractivity contribution in [2.75, 3.05) is 38.3 Å². The maximum atomic E-state index is 5.45. The van der Waals surface area contributed by atoms with E-state index in [1.165, 1.54) is 12.0 Å². The molecule has 1 fully saturated rings. The Morgan fingerprint density at radius 3 is 2.67 bits per heavy atom. The number of pyridine rings is 1. The average Bonchev–Trinajstić information content (AvgIpc) is 2.64. The fourth-order valence-corrected chi connectivity index (χ4v) is 2.96. The summed E-state index contributed by atoms with van der Waals surface area (Å²) in [7, 11) is 1.82. The van der Waals surface area contributed by atoms with Gasteiger partial charge in [-0.25, -0.2) is 4.98 Å². The van der Waals surface area contributed by atoms with Crippen molar-refractivity contribution in [3.8, 4) is 0 Å². The van der Waals surface area contributed by atoms with E-state index in [1.807, 2.05) is 19.3 Å². The molecule has 1 aromatic rings. The van der Waals surface area contributed by atoms with E-state index in [-0.39, 0.29) is 24.0 Å². The summed E-state index contributed by atoms with van der Waals surface area (Å²) >= 11 is 0. The number of hydrogen-bond donors (Lipinski definition) is 2. The van der Waals surface area contributed by atoms with Gasteiger partial charge in [-0.1, -0.05) is 26.8 Å². The van der Waals surface area contributed by atoms with E-state index >= 15 is 0 Å². The maximum absolute atomic E-state index is 5.45. The quantitative estimate of drug-likeness (QED) is 0.365. The van der Waals surface area contributed by atoms with E-state index in [0.717, 1.165) is 44.5 Å². The number of anilines is 1. The Labute approximate surface area is 181 Å². The molecule has 2 N–H and O–H groups in total. The van der Waals surface area contributed by atoms with Gasteiger partial charge in [0.1, 0.15) is 5.82 Å². The third kappa shape index (κ3) is 8.64. The molecule has 0 spiro atoms. The van der Waals surface area contributed by atoms with Crippen LogP contribution < -0.4 is 15.5 Å². The van der Waals surface area contributed by atoms with Crippen molar-refractivity contribution in [1.82, 2.24) is 15.6 Å². The van der Waals surface area contributed by atoms with Gasteiger partial charge in [0.15, 0.2) is 5.96 Å². The van der Waals surface area contributed by atoms with Gasteiger partial charge in [0.25, 0.3) is 0 Å². The van der Waals surface area contributed by atoms with Gasteiger partial charge in [-0.3, -0.25) is 4.99 Å². The first-order valence-electron chi connectivity index (χ1n) is 9.63. The Morgan fingerprint density at radius 2 is 2.04 bits per heavy atom. The fraction of sp³-hybridized carbons (Fsp3) is 0.700. The first kappa shape index (κ1) is 23.9. The summed E-state index contributed by atoms with van der Waals surface area (Å²) in [5.74, 6) is 1.88. The third-order valence-corrected chi connectivity index (χ3v) is 4.56. The van der Waals surface area contributed by atoms with E-state index in [0.29, 0.717) is 18.0 Å². The Bertz CT molecular complexity index is 582. The number of nitrogens with one attached hydrogen (secondary N) is 2. The van der Waals surface area contributed by atoms with Crippen molar-refractivity contribution in [3.05, 3.63) is 23.9 Å². The van der Waals surface area contributed by atoms with Gasteiger partial charge in [-0.05, 0) is 31.2 Å². The molecule has 0 radical (unpaired) electrons. The van der Waals surface area contributed by atoms with Crippen molar-refractivity contribution in [3.63, 3.8) is 0 Å². The van der Waals surface area contributed by atoms with Gasteiger partial charge in [0.05, 0.1) is 13.2 Å². The van der Waals surface area contributed by atoms with Crippen molar-refractivity contribution in [1.29, 1.82) is 0 Å². The zero-order chi connectivity index (χ0) is 19.0. The Balaban J connectivity index is 0.00000364. The number of ether oxygens (including phenoxy) is 1. The molecular weight excluding hydrogens is 453 g/mol. The molecule has 2 heterocycles. The second-order valence-corrected chi connectivity index (χ2v) is 8.16. The van der Waals surface area contributed by atoms with Gasteiger partial charge < -0.3 is 20.3 Å². The van der Waals surface area contributed by atoms with Crippen molar-refractivity contribution in [2.45, 2.75) is 53.1 Å². The molecule has 0 amide bonds. The topological polar surface area (TPSA) is 61.8 Å². The smallest absolute Gasteiger partial charge is 0.191 e. The van der Waals surface area contributed by atoms with Crippen LogP contribution in [0.25, 0.3) is 0 Å². The highest BCUT2D eigenvalue weighted by atomic mass is 127. The number of halogens is 1. The zero-order valence-corrected chi connectivity index (χ0v) is 19.7. The molecule has 6 nitrogen and oxygen atoms in total. The normalized spacial score (nSPS) is 16.5. The lowest BCUT2D eigenvalue weighted by molar-refractivity contribution is 0.122. The summed E-state index contributed by atoms with van der Waals surface area (Å²) in [6.07, 6.45) is 4.16. The molecule has 1 aliphatic heterocycles. The Morgan fingerprint density at radius 1 is 1.33 bits per heavy atom. The van der Waals surface area contributed by atoms with Crippen LogP contribution in [0.1, 0.15) is 46.1 Å². The molecule has 7 heteroatoms. The summed E-state index contributed by atoms with van der Waals surface area (Å²) in [5, 5.41) is 6.93. The van der Waals surface area contributed by atoms with Crippen LogP contribution in [0.2, 0.25) is 0 Å². The molecule has 0 aromatic carbocycles. The molecule has 0 saturated carbocycles. The number of rotatable bonds is 6. The standard InChI is InChI=1S/C20H35N5O.HI/c1-16(8-9-20(2,3)4)24-19(21-5)23-15-17-7-6-10-22-18(17)25-11-13-26-14-12-25;/h6-7,10,16H,8-9,11-15H2,1-5H3,(H2,21,23,24);1H. The minimum Gasteiger partial charge on any atom is -0.378 e. The Hall–Kier alpha value is -1.09.